The summed E-state index contributed by atoms with van der Waals surface area (Å²) < 4.78 is 27.1. The molecule has 3 heteroatoms. The highest BCUT2D eigenvalue weighted by atomic mass is 19.1. The highest BCUT2D eigenvalue weighted by Crippen LogP contribution is 2.34. The van der Waals surface area contributed by atoms with Gasteiger partial charge in [0, 0.05) is 23.6 Å². The lowest BCUT2D eigenvalue weighted by atomic mass is 9.85. The molecule has 2 unspecified atom stereocenters. The van der Waals surface area contributed by atoms with E-state index in [-0.39, 0.29) is 12.0 Å². The maximum absolute atomic E-state index is 14.0. The molecule has 0 aromatic heterocycles. The normalized spacial score (nSPS) is 14.0. The highest BCUT2D eigenvalue weighted by Gasteiger charge is 2.24. The second-order valence-electron chi connectivity index (χ2n) is 4.86. The third kappa shape index (κ3) is 3.05. The number of benzene rings is 2. The van der Waals surface area contributed by atoms with Crippen molar-refractivity contribution in [1.82, 2.24) is 5.32 Å². The Morgan fingerprint density at radius 1 is 1.05 bits per heavy atom. The zero-order valence-electron chi connectivity index (χ0n) is 11.7. The molecule has 1 N–H and O–H groups in total. The SMILES string of the molecule is CCC(c1ccccc1)C(NC)c1ccc(F)cc1F. The van der Waals surface area contributed by atoms with Crippen molar-refractivity contribution in [3.63, 3.8) is 0 Å². The van der Waals surface area contributed by atoms with Gasteiger partial charge in [0.2, 0.25) is 0 Å². The number of hydrogen-bond acceptors (Lipinski definition) is 1. The molecule has 0 spiro atoms. The van der Waals surface area contributed by atoms with Crippen molar-refractivity contribution in [3.8, 4) is 0 Å². The smallest absolute Gasteiger partial charge is 0.130 e. The van der Waals surface area contributed by atoms with Gasteiger partial charge >= 0.3 is 0 Å². The van der Waals surface area contributed by atoms with Crippen molar-refractivity contribution >= 4 is 0 Å². The lowest BCUT2D eigenvalue weighted by Crippen LogP contribution is -2.24. The average molecular weight is 275 g/mol. The first-order valence-corrected chi connectivity index (χ1v) is 6.84. The molecular formula is C17H19F2N. The van der Waals surface area contributed by atoms with E-state index in [1.54, 1.807) is 7.05 Å². The molecule has 106 valence electrons. The first-order chi connectivity index (χ1) is 9.67. The van der Waals surface area contributed by atoms with Crippen molar-refractivity contribution in [2.45, 2.75) is 25.3 Å². The number of nitrogens with one attached hydrogen (secondary N) is 1. The molecule has 0 bridgehead atoms. The molecule has 0 saturated heterocycles. The largest absolute Gasteiger partial charge is 0.312 e. The molecule has 0 fully saturated rings. The van der Waals surface area contributed by atoms with Gasteiger partial charge in [0.1, 0.15) is 11.6 Å². The van der Waals surface area contributed by atoms with E-state index >= 15 is 0 Å². The van der Waals surface area contributed by atoms with Gasteiger partial charge in [-0.2, -0.15) is 0 Å². The minimum absolute atomic E-state index is 0.140. The Morgan fingerprint density at radius 2 is 1.75 bits per heavy atom. The molecule has 0 amide bonds. The van der Waals surface area contributed by atoms with Gasteiger partial charge in [-0.3, -0.25) is 0 Å². The fourth-order valence-electron chi connectivity index (χ4n) is 2.69. The van der Waals surface area contributed by atoms with Crippen molar-refractivity contribution in [2.24, 2.45) is 0 Å². The predicted molar refractivity (Wildman–Crippen MR) is 77.6 cm³/mol. The van der Waals surface area contributed by atoms with Crippen molar-refractivity contribution in [3.05, 3.63) is 71.3 Å². The standard InChI is InChI=1S/C17H19F2N/c1-3-14(12-7-5-4-6-8-12)17(20-2)15-10-9-13(18)11-16(15)19/h4-11,14,17,20H,3H2,1-2H3. The Bertz CT molecular complexity index is 554. The first kappa shape index (κ1) is 14.7. The van der Waals surface area contributed by atoms with Crippen LogP contribution in [0, 0.1) is 11.6 Å². The molecule has 0 heterocycles. The van der Waals surface area contributed by atoms with Gasteiger partial charge in [-0.1, -0.05) is 43.3 Å². The number of halogens is 2. The van der Waals surface area contributed by atoms with Crippen LogP contribution in [0.3, 0.4) is 0 Å². The Balaban J connectivity index is 2.39. The summed E-state index contributed by atoms with van der Waals surface area (Å²) in [4.78, 5) is 0. The van der Waals surface area contributed by atoms with Crippen LogP contribution in [0.5, 0.6) is 0 Å². The van der Waals surface area contributed by atoms with Gasteiger partial charge in [-0.15, -0.1) is 0 Å². The second kappa shape index (κ2) is 6.62. The van der Waals surface area contributed by atoms with Crippen LogP contribution in [-0.2, 0) is 0 Å². The van der Waals surface area contributed by atoms with Gasteiger partial charge < -0.3 is 5.32 Å². The molecule has 1 nitrogen and oxygen atoms in total. The Hall–Kier alpha value is -1.74. The molecular weight excluding hydrogens is 256 g/mol. The van der Waals surface area contributed by atoms with Crippen LogP contribution in [0.4, 0.5) is 8.78 Å². The van der Waals surface area contributed by atoms with E-state index in [0.29, 0.717) is 5.56 Å². The van der Waals surface area contributed by atoms with Crippen LogP contribution in [0.15, 0.2) is 48.5 Å². The molecule has 20 heavy (non-hydrogen) atoms. The fraction of sp³-hybridized carbons (Fsp3) is 0.294. The maximum atomic E-state index is 14.0. The van der Waals surface area contributed by atoms with E-state index in [2.05, 4.69) is 12.2 Å². The van der Waals surface area contributed by atoms with Crippen molar-refractivity contribution < 1.29 is 8.78 Å². The molecule has 0 radical (unpaired) electrons. The van der Waals surface area contributed by atoms with Crippen LogP contribution >= 0.6 is 0 Å². The predicted octanol–water partition coefficient (Wildman–Crippen LogP) is 4.42. The molecule has 0 aliphatic heterocycles. The van der Waals surface area contributed by atoms with Crippen molar-refractivity contribution in [2.75, 3.05) is 7.05 Å². The maximum Gasteiger partial charge on any atom is 0.130 e. The van der Waals surface area contributed by atoms with E-state index in [0.717, 1.165) is 18.1 Å². The van der Waals surface area contributed by atoms with E-state index in [1.807, 2.05) is 30.3 Å². The summed E-state index contributed by atoms with van der Waals surface area (Å²) in [5.41, 5.74) is 1.66. The summed E-state index contributed by atoms with van der Waals surface area (Å²) in [5, 5.41) is 3.17. The number of hydrogen-bond donors (Lipinski definition) is 1. The summed E-state index contributed by atoms with van der Waals surface area (Å²) in [7, 11) is 1.80. The Labute approximate surface area is 118 Å². The summed E-state index contributed by atoms with van der Waals surface area (Å²) in [6.07, 6.45) is 0.867. The number of rotatable bonds is 5. The molecule has 2 aromatic carbocycles. The van der Waals surface area contributed by atoms with E-state index in [9.17, 15) is 8.78 Å². The third-order valence-corrected chi connectivity index (χ3v) is 3.68. The summed E-state index contributed by atoms with van der Waals surface area (Å²) in [5.74, 6) is -0.909. The van der Waals surface area contributed by atoms with E-state index < -0.39 is 11.6 Å². The average Bonchev–Trinajstić information content (AvgIpc) is 2.46. The monoisotopic (exact) mass is 275 g/mol. The summed E-state index contributed by atoms with van der Waals surface area (Å²) in [6, 6.07) is 13.6. The zero-order valence-corrected chi connectivity index (χ0v) is 11.7. The second-order valence-corrected chi connectivity index (χ2v) is 4.86. The van der Waals surface area contributed by atoms with E-state index in [1.165, 1.54) is 12.1 Å². The summed E-state index contributed by atoms with van der Waals surface area (Å²) in [6.45, 7) is 2.07. The Morgan fingerprint density at radius 3 is 2.30 bits per heavy atom. The summed E-state index contributed by atoms with van der Waals surface area (Å²) >= 11 is 0. The zero-order chi connectivity index (χ0) is 14.5. The molecule has 2 aromatic rings. The van der Waals surface area contributed by atoms with Gasteiger partial charge in [0.25, 0.3) is 0 Å². The molecule has 2 rings (SSSR count). The lowest BCUT2D eigenvalue weighted by molar-refractivity contribution is 0.444. The third-order valence-electron chi connectivity index (χ3n) is 3.68. The van der Waals surface area contributed by atoms with E-state index in [4.69, 9.17) is 0 Å². The first-order valence-electron chi connectivity index (χ1n) is 6.84. The topological polar surface area (TPSA) is 12.0 Å². The quantitative estimate of drug-likeness (QED) is 0.851. The van der Waals surface area contributed by atoms with Crippen LogP contribution < -0.4 is 5.32 Å². The van der Waals surface area contributed by atoms with Crippen molar-refractivity contribution in [1.29, 1.82) is 0 Å². The molecule has 0 saturated carbocycles. The van der Waals surface area contributed by atoms with Crippen LogP contribution in [0.2, 0.25) is 0 Å². The van der Waals surface area contributed by atoms with Gasteiger partial charge in [0.15, 0.2) is 0 Å². The molecule has 2 atom stereocenters. The van der Waals surface area contributed by atoms with Gasteiger partial charge in [-0.05, 0) is 25.1 Å². The molecule has 0 aliphatic carbocycles. The van der Waals surface area contributed by atoms with Crippen LogP contribution in [0.1, 0.15) is 36.4 Å². The van der Waals surface area contributed by atoms with Gasteiger partial charge in [0.05, 0.1) is 0 Å². The number of likely N-dealkylation sites (N-methyl/N-ethyl adjacent to an activating group) is 1. The van der Waals surface area contributed by atoms with Crippen LogP contribution in [-0.4, -0.2) is 7.05 Å². The van der Waals surface area contributed by atoms with Crippen LogP contribution in [0.25, 0.3) is 0 Å². The highest BCUT2D eigenvalue weighted by molar-refractivity contribution is 5.29. The fourth-order valence-corrected chi connectivity index (χ4v) is 2.69. The minimum Gasteiger partial charge on any atom is -0.312 e. The van der Waals surface area contributed by atoms with Gasteiger partial charge in [-0.25, -0.2) is 8.78 Å². The minimum atomic E-state index is -0.547. The lowest BCUT2D eigenvalue weighted by Gasteiger charge is -2.27. The Kier molecular flexibility index (Phi) is 4.85. The molecule has 0 aliphatic rings.